The SMILES string of the molecule is BC(B)(B)NC(=O)c1nnc(Nc2cc(C(C)(C)O)ccn2)cc1Nc1cc(F)cc(-c2cc(C(C)(C)O)n(C)n2)c1OC. The van der Waals surface area contributed by atoms with Crippen molar-refractivity contribution < 1.29 is 24.1 Å². The minimum absolute atomic E-state index is 0.0429. The number of hydrogen-bond donors (Lipinski definition) is 5. The molecule has 0 aliphatic heterocycles. The van der Waals surface area contributed by atoms with E-state index in [9.17, 15) is 15.0 Å². The molecule has 0 atom stereocenters. The Bertz CT molecular complexity index is 1700. The van der Waals surface area contributed by atoms with Crippen LogP contribution in [-0.4, -0.2) is 77.0 Å². The summed E-state index contributed by atoms with van der Waals surface area (Å²) in [6.07, 6.45) is 1.55. The molecule has 0 saturated carbocycles. The van der Waals surface area contributed by atoms with Gasteiger partial charge in [0.1, 0.15) is 40.8 Å². The van der Waals surface area contributed by atoms with Gasteiger partial charge in [-0.3, -0.25) is 9.48 Å². The van der Waals surface area contributed by atoms with Gasteiger partial charge in [0.15, 0.2) is 17.3 Å². The van der Waals surface area contributed by atoms with E-state index in [2.05, 4.69) is 36.2 Å². The number of rotatable bonds is 10. The summed E-state index contributed by atoms with van der Waals surface area (Å²) in [5, 5.41) is 42.3. The van der Waals surface area contributed by atoms with Crippen molar-refractivity contribution in [3.63, 3.8) is 0 Å². The zero-order valence-electron chi connectivity index (χ0n) is 26.4. The van der Waals surface area contributed by atoms with Crippen molar-refractivity contribution in [2.75, 3.05) is 17.7 Å². The van der Waals surface area contributed by atoms with Crippen LogP contribution in [0.1, 0.15) is 49.4 Å². The minimum atomic E-state index is -1.19. The van der Waals surface area contributed by atoms with Gasteiger partial charge in [-0.15, -0.1) is 10.2 Å². The van der Waals surface area contributed by atoms with Gasteiger partial charge in [-0.25, -0.2) is 9.37 Å². The summed E-state index contributed by atoms with van der Waals surface area (Å²) in [5.41, 5.74) is -0.0761. The van der Waals surface area contributed by atoms with E-state index in [4.69, 9.17) is 4.74 Å². The Morgan fingerprint density at radius 2 is 1.66 bits per heavy atom. The average molecular weight is 600 g/mol. The Balaban J connectivity index is 1.81. The predicted octanol–water partition coefficient (Wildman–Crippen LogP) is 0.602. The molecule has 1 aromatic carbocycles. The van der Waals surface area contributed by atoms with E-state index in [1.54, 1.807) is 65.2 Å². The smallest absolute Gasteiger partial charge is 0.272 e. The number of pyridine rings is 1. The third-order valence-electron chi connectivity index (χ3n) is 6.53. The second kappa shape index (κ2) is 11.9. The van der Waals surface area contributed by atoms with E-state index in [0.29, 0.717) is 28.3 Å². The third kappa shape index (κ3) is 7.55. The fourth-order valence-electron chi connectivity index (χ4n) is 4.54. The van der Waals surface area contributed by atoms with Crippen molar-refractivity contribution in [3.8, 4) is 17.0 Å². The van der Waals surface area contributed by atoms with E-state index in [1.807, 2.05) is 23.5 Å². The number of halogens is 1. The number of carbonyl (C=O) groups is 1. The number of anilines is 4. The highest BCUT2D eigenvalue weighted by Gasteiger charge is 2.26. The molecule has 16 heteroatoms. The Morgan fingerprint density at radius 3 is 2.25 bits per heavy atom. The maximum Gasteiger partial charge on any atom is 0.272 e. The van der Waals surface area contributed by atoms with Gasteiger partial charge >= 0.3 is 0 Å². The summed E-state index contributed by atoms with van der Waals surface area (Å²) >= 11 is 0. The molecule has 4 rings (SSSR count). The number of methoxy groups -OCH3 is 1. The number of ether oxygens (including phenoxy) is 1. The molecule has 44 heavy (non-hydrogen) atoms. The monoisotopic (exact) mass is 600 g/mol. The van der Waals surface area contributed by atoms with Crippen molar-refractivity contribution in [3.05, 3.63) is 65.4 Å². The van der Waals surface area contributed by atoms with E-state index < -0.39 is 28.2 Å². The summed E-state index contributed by atoms with van der Waals surface area (Å²) in [6.45, 7) is 6.58. The Hall–Kier alpha value is -4.43. The summed E-state index contributed by atoms with van der Waals surface area (Å²) in [7, 11) is 8.62. The van der Waals surface area contributed by atoms with Gasteiger partial charge in [-0.05, 0) is 62.8 Å². The number of benzene rings is 1. The molecule has 228 valence electrons. The standard InChI is InChI=1S/C28H36B3FN8O4/c1-26(2,42)14-7-8-33-21(9-14)35-22-13-18(23(38-37-22)25(41)36-28(29,30)31)34-19-11-15(32)10-16(24(19)44-6)17-12-20(27(3,4)43)40(5)39-17/h7-13,42-43H,29-31H2,1-6H3,(H,36,41)(H2,33,34,35,37). The van der Waals surface area contributed by atoms with Crippen LogP contribution in [0.2, 0.25) is 0 Å². The second-order valence-electron chi connectivity index (χ2n) is 12.6. The normalized spacial score (nSPS) is 12.1. The zero-order chi connectivity index (χ0) is 32.6. The lowest BCUT2D eigenvalue weighted by Crippen LogP contribution is -2.50. The minimum Gasteiger partial charge on any atom is -0.494 e. The van der Waals surface area contributed by atoms with Crippen LogP contribution in [0.3, 0.4) is 0 Å². The number of nitrogens with one attached hydrogen (secondary N) is 3. The summed E-state index contributed by atoms with van der Waals surface area (Å²) in [5.74, 6) is -0.223. The van der Waals surface area contributed by atoms with Crippen molar-refractivity contribution in [1.82, 2.24) is 30.3 Å². The lowest BCUT2D eigenvalue weighted by atomic mass is 9.49. The third-order valence-corrected chi connectivity index (χ3v) is 6.53. The van der Waals surface area contributed by atoms with Crippen molar-refractivity contribution in [2.24, 2.45) is 7.05 Å². The summed E-state index contributed by atoms with van der Waals surface area (Å²) in [6, 6.07) is 9.09. The highest BCUT2D eigenvalue weighted by molar-refractivity contribution is 6.60. The van der Waals surface area contributed by atoms with Gasteiger partial charge in [0.2, 0.25) is 0 Å². The van der Waals surface area contributed by atoms with E-state index in [-0.39, 0.29) is 28.6 Å². The van der Waals surface area contributed by atoms with Crippen molar-refractivity contribution in [1.29, 1.82) is 0 Å². The van der Waals surface area contributed by atoms with Gasteiger partial charge in [-0.1, -0.05) is 0 Å². The van der Waals surface area contributed by atoms with Crippen LogP contribution in [0.15, 0.2) is 42.6 Å². The Kier molecular flexibility index (Phi) is 8.81. The van der Waals surface area contributed by atoms with Crippen LogP contribution in [0.4, 0.5) is 27.4 Å². The van der Waals surface area contributed by atoms with Gasteiger partial charge in [-0.2, -0.15) is 5.10 Å². The second-order valence-corrected chi connectivity index (χ2v) is 12.6. The van der Waals surface area contributed by atoms with Gasteiger partial charge in [0.05, 0.1) is 35.5 Å². The van der Waals surface area contributed by atoms with E-state index in [1.165, 1.54) is 23.9 Å². The fraction of sp³-hybridized carbons (Fsp3) is 0.321. The topological polar surface area (TPSA) is 159 Å². The molecule has 0 spiro atoms. The van der Waals surface area contributed by atoms with Gasteiger partial charge in [0, 0.05) is 30.9 Å². The first-order chi connectivity index (χ1) is 20.4. The van der Waals surface area contributed by atoms with Crippen LogP contribution in [-0.2, 0) is 18.2 Å². The largest absolute Gasteiger partial charge is 0.494 e. The average Bonchev–Trinajstić information content (AvgIpc) is 3.29. The molecule has 3 heterocycles. The molecular formula is C28H36B3FN8O4. The molecule has 0 aliphatic rings. The summed E-state index contributed by atoms with van der Waals surface area (Å²) < 4.78 is 22.4. The van der Waals surface area contributed by atoms with Crippen LogP contribution < -0.4 is 20.7 Å². The summed E-state index contributed by atoms with van der Waals surface area (Å²) in [4.78, 5) is 17.6. The molecule has 0 fully saturated rings. The molecular weight excluding hydrogens is 564 g/mol. The molecule has 0 aliphatic carbocycles. The van der Waals surface area contributed by atoms with Gasteiger partial charge < -0.3 is 30.9 Å². The maximum atomic E-state index is 15.1. The first kappa shape index (κ1) is 32.5. The molecule has 4 aromatic rings. The Morgan fingerprint density at radius 1 is 0.955 bits per heavy atom. The van der Waals surface area contributed by atoms with Crippen LogP contribution in [0.5, 0.6) is 5.75 Å². The first-order valence-corrected chi connectivity index (χ1v) is 13.9. The number of aromatic nitrogens is 5. The van der Waals surface area contributed by atoms with E-state index >= 15 is 4.39 Å². The van der Waals surface area contributed by atoms with Crippen LogP contribution in [0.25, 0.3) is 11.3 Å². The number of hydrogen-bond acceptors (Lipinski definition) is 10. The molecule has 1 amide bonds. The highest BCUT2D eigenvalue weighted by Crippen LogP contribution is 2.40. The number of carbonyl (C=O) groups excluding carboxylic acids is 1. The van der Waals surface area contributed by atoms with Crippen molar-refractivity contribution in [2.45, 2.75) is 44.1 Å². The van der Waals surface area contributed by atoms with Crippen LogP contribution >= 0.6 is 0 Å². The van der Waals surface area contributed by atoms with E-state index in [0.717, 1.165) is 0 Å². The number of amides is 1. The lowest BCUT2D eigenvalue weighted by molar-refractivity contribution is 0.0695. The van der Waals surface area contributed by atoms with Gasteiger partial charge in [0.25, 0.3) is 5.91 Å². The Labute approximate surface area is 258 Å². The quantitative estimate of drug-likeness (QED) is 0.163. The molecule has 0 radical (unpaired) electrons. The zero-order valence-corrected chi connectivity index (χ0v) is 26.4. The van der Waals surface area contributed by atoms with Crippen LogP contribution in [0, 0.1) is 5.82 Å². The molecule has 3 aromatic heterocycles. The predicted molar refractivity (Wildman–Crippen MR) is 174 cm³/mol. The maximum absolute atomic E-state index is 15.1. The molecule has 0 saturated heterocycles. The number of aliphatic hydroxyl groups is 2. The lowest BCUT2D eigenvalue weighted by Gasteiger charge is -2.22. The number of aryl methyl sites for hydroxylation is 1. The number of nitrogens with zero attached hydrogens (tertiary/aromatic N) is 5. The fourth-order valence-corrected chi connectivity index (χ4v) is 4.54. The molecule has 0 unspecified atom stereocenters. The molecule has 12 nitrogen and oxygen atoms in total. The first-order valence-electron chi connectivity index (χ1n) is 13.9. The highest BCUT2D eigenvalue weighted by atomic mass is 19.1. The van der Waals surface area contributed by atoms with Crippen molar-refractivity contribution >= 4 is 52.5 Å². The molecule has 5 N–H and O–H groups in total. The molecule has 0 bridgehead atoms.